The van der Waals surface area contributed by atoms with Crippen molar-refractivity contribution in [1.82, 2.24) is 0 Å². The first-order valence-electron chi connectivity index (χ1n) is 7.25. The van der Waals surface area contributed by atoms with Crippen LogP contribution >= 0.6 is 0 Å². The number of aliphatic carboxylic acids is 2. The lowest BCUT2D eigenvalue weighted by Crippen LogP contribution is -2.47. The van der Waals surface area contributed by atoms with Crippen LogP contribution in [0, 0.1) is 0 Å². The van der Waals surface area contributed by atoms with Crippen LogP contribution in [0.5, 0.6) is 0 Å². The second kappa shape index (κ2) is 11.3. The Morgan fingerprint density at radius 3 is 1.73 bits per heavy atom. The first kappa shape index (κ1) is 23.7. The Hall–Kier alpha value is -2.31. The van der Waals surface area contributed by atoms with E-state index in [0.717, 1.165) is 0 Å². The molecule has 0 heterocycles. The average molecular weight is 378 g/mol. The molecule has 0 radical (unpaired) electrons. The number of esters is 1. The highest BCUT2D eigenvalue weighted by Crippen LogP contribution is 2.08. The lowest BCUT2D eigenvalue weighted by Gasteiger charge is -2.26. The Bertz CT molecular complexity index is 542. The van der Waals surface area contributed by atoms with Gasteiger partial charge in [-0.05, 0) is 0 Å². The fourth-order valence-electron chi connectivity index (χ4n) is 1.50. The first-order valence-corrected chi connectivity index (χ1v) is 7.25. The van der Waals surface area contributed by atoms with Gasteiger partial charge in [0.1, 0.15) is 31.0 Å². The van der Waals surface area contributed by atoms with E-state index in [4.69, 9.17) is 14.9 Å². The van der Waals surface area contributed by atoms with Crippen LogP contribution in [0.25, 0.3) is 0 Å². The topological polar surface area (TPSA) is 191 Å². The number of carboxylic acids is 2. The van der Waals surface area contributed by atoms with E-state index in [9.17, 15) is 34.8 Å². The van der Waals surface area contributed by atoms with E-state index in [0.29, 0.717) is 0 Å². The van der Waals surface area contributed by atoms with Crippen LogP contribution in [0.2, 0.25) is 0 Å². The zero-order valence-electron chi connectivity index (χ0n) is 13.8. The summed E-state index contributed by atoms with van der Waals surface area (Å²) in [6, 6.07) is 0. The molecule has 0 amide bonds. The predicted molar refractivity (Wildman–Crippen MR) is 84.0 cm³/mol. The number of rotatable bonds is 13. The quantitative estimate of drug-likeness (QED) is 0.149. The van der Waals surface area contributed by atoms with Gasteiger partial charge in [-0.15, -0.1) is 0 Å². The summed E-state index contributed by atoms with van der Waals surface area (Å²) in [5.41, 5.74) is -0.720. The van der Waals surface area contributed by atoms with Gasteiger partial charge in [0.2, 0.25) is 0 Å². The molecule has 4 atom stereocenters. The van der Waals surface area contributed by atoms with Crippen molar-refractivity contribution in [2.45, 2.75) is 30.8 Å². The van der Waals surface area contributed by atoms with Crippen LogP contribution < -0.4 is 0 Å². The van der Waals surface area contributed by atoms with Crippen molar-refractivity contribution in [3.63, 3.8) is 0 Å². The lowest BCUT2D eigenvalue weighted by molar-refractivity contribution is -0.157. The molecule has 0 fully saturated rings. The van der Waals surface area contributed by atoms with E-state index in [1.54, 1.807) is 0 Å². The van der Waals surface area contributed by atoms with Crippen LogP contribution in [0.3, 0.4) is 0 Å². The van der Waals surface area contributed by atoms with Crippen molar-refractivity contribution in [2.75, 3.05) is 19.8 Å². The molecule has 0 aromatic rings. The van der Waals surface area contributed by atoms with Gasteiger partial charge < -0.3 is 40.1 Å². The van der Waals surface area contributed by atoms with Gasteiger partial charge in [0, 0.05) is 5.57 Å². The number of hydrogen-bond donors (Lipinski definition) is 6. The normalized spacial score (nSPS) is 15.4. The third-order valence-electron chi connectivity index (χ3n) is 3.08. The summed E-state index contributed by atoms with van der Waals surface area (Å²) in [7, 11) is 0. The van der Waals surface area contributed by atoms with Gasteiger partial charge in [0.25, 0.3) is 0 Å². The Kier molecular flexibility index (Phi) is 10.3. The Balaban J connectivity index is 4.31. The van der Waals surface area contributed by atoms with Crippen molar-refractivity contribution >= 4 is 17.9 Å². The zero-order chi connectivity index (χ0) is 20.4. The van der Waals surface area contributed by atoms with E-state index >= 15 is 0 Å². The van der Waals surface area contributed by atoms with Crippen LogP contribution in [-0.4, -0.2) is 92.8 Å². The largest absolute Gasteiger partial charge is 0.478 e. The molecule has 0 saturated carbocycles. The maximum Gasteiger partial charge on any atom is 0.333 e. The molecule has 11 heteroatoms. The molecule has 0 aromatic carbocycles. The van der Waals surface area contributed by atoms with Crippen LogP contribution in [-0.2, 0) is 23.9 Å². The van der Waals surface area contributed by atoms with Crippen molar-refractivity contribution in [2.24, 2.45) is 0 Å². The van der Waals surface area contributed by atoms with Gasteiger partial charge in [-0.25, -0.2) is 9.59 Å². The van der Waals surface area contributed by atoms with Gasteiger partial charge >= 0.3 is 17.9 Å². The second-order valence-corrected chi connectivity index (χ2v) is 5.31. The van der Waals surface area contributed by atoms with Gasteiger partial charge in [-0.1, -0.05) is 13.2 Å². The predicted octanol–water partition coefficient (Wildman–Crippen LogP) is -2.34. The Morgan fingerprint density at radius 1 is 0.808 bits per heavy atom. The highest BCUT2D eigenvalue weighted by molar-refractivity contribution is 5.91. The molecule has 0 aliphatic rings. The van der Waals surface area contributed by atoms with E-state index in [-0.39, 0.29) is 5.57 Å². The average Bonchev–Trinajstić information content (AvgIpc) is 2.57. The van der Waals surface area contributed by atoms with Crippen LogP contribution in [0.4, 0.5) is 0 Å². The van der Waals surface area contributed by atoms with Gasteiger partial charge in [0.15, 0.2) is 0 Å². The molecule has 11 nitrogen and oxygen atoms in total. The zero-order valence-corrected chi connectivity index (χ0v) is 13.8. The maximum absolute atomic E-state index is 11.3. The molecule has 0 spiro atoms. The minimum atomic E-state index is -1.92. The fraction of sp³-hybridized carbons (Fsp3) is 0.533. The molecule has 0 saturated heterocycles. The third-order valence-corrected chi connectivity index (χ3v) is 3.08. The molecular weight excluding hydrogens is 356 g/mol. The van der Waals surface area contributed by atoms with Gasteiger partial charge in [-0.2, -0.15) is 0 Å². The Morgan fingerprint density at radius 2 is 1.27 bits per heavy atom. The van der Waals surface area contributed by atoms with E-state index in [1.807, 2.05) is 0 Å². The highest BCUT2D eigenvalue weighted by atomic mass is 16.5. The summed E-state index contributed by atoms with van der Waals surface area (Å²) >= 11 is 0. The minimum Gasteiger partial charge on any atom is -0.478 e. The first-order chi connectivity index (χ1) is 12.0. The van der Waals surface area contributed by atoms with E-state index in [1.165, 1.54) is 0 Å². The van der Waals surface area contributed by atoms with E-state index in [2.05, 4.69) is 17.9 Å². The lowest BCUT2D eigenvalue weighted by atomic mass is 10.0. The summed E-state index contributed by atoms with van der Waals surface area (Å²) in [5, 5.41) is 55.8. The molecule has 4 unspecified atom stereocenters. The van der Waals surface area contributed by atoms with Gasteiger partial charge in [0.05, 0.1) is 25.2 Å². The highest BCUT2D eigenvalue weighted by Gasteiger charge is 2.31. The van der Waals surface area contributed by atoms with Gasteiger partial charge in [-0.3, -0.25) is 4.79 Å². The number of carboxylic acid groups (broad SMARTS) is 2. The Labute approximate surface area is 148 Å². The summed E-state index contributed by atoms with van der Waals surface area (Å²) in [6.45, 7) is 4.54. The number of carbonyl (C=O) groups is 3. The summed E-state index contributed by atoms with van der Waals surface area (Å²) in [4.78, 5) is 32.3. The molecule has 0 aromatic heterocycles. The SMILES string of the molecule is C=C(COCC(O)C(O)C(O)C(O)COC(=O)CC(=C)C(=O)O)C(=O)O. The molecule has 26 heavy (non-hydrogen) atoms. The molecule has 0 aliphatic carbocycles. The third kappa shape index (κ3) is 8.69. The van der Waals surface area contributed by atoms with E-state index < -0.39 is 74.1 Å². The molecule has 6 N–H and O–H groups in total. The number of aliphatic hydroxyl groups excluding tert-OH is 4. The molecule has 0 rings (SSSR count). The number of aliphatic hydroxyl groups is 4. The smallest absolute Gasteiger partial charge is 0.333 e. The number of ether oxygens (including phenoxy) is 2. The van der Waals surface area contributed by atoms with Crippen molar-refractivity contribution in [1.29, 1.82) is 0 Å². The van der Waals surface area contributed by atoms with Crippen molar-refractivity contribution < 1.29 is 54.5 Å². The molecule has 0 aliphatic heterocycles. The standard InChI is InChI=1S/C15H22O11/c1-7(14(21)22)3-11(18)26-6-10(17)13(20)12(19)9(16)5-25-4-8(2)15(23)24/h9-10,12-13,16-17,19-20H,1-6H2,(H,21,22)(H,23,24). The molecule has 148 valence electrons. The van der Waals surface area contributed by atoms with Crippen molar-refractivity contribution in [3.05, 3.63) is 24.3 Å². The fourth-order valence-corrected chi connectivity index (χ4v) is 1.50. The molecule has 0 bridgehead atoms. The van der Waals surface area contributed by atoms with Crippen LogP contribution in [0.1, 0.15) is 6.42 Å². The summed E-state index contributed by atoms with van der Waals surface area (Å²) in [5.74, 6) is -3.72. The second-order valence-electron chi connectivity index (χ2n) is 5.31. The number of carbonyl (C=O) groups excluding carboxylic acids is 1. The van der Waals surface area contributed by atoms with Crippen molar-refractivity contribution in [3.8, 4) is 0 Å². The summed E-state index contributed by atoms with van der Waals surface area (Å²) < 4.78 is 9.34. The minimum absolute atomic E-state index is 0.290. The van der Waals surface area contributed by atoms with Crippen LogP contribution in [0.15, 0.2) is 24.3 Å². The maximum atomic E-state index is 11.3. The monoisotopic (exact) mass is 378 g/mol. The number of hydrogen-bond acceptors (Lipinski definition) is 9. The molecular formula is C15H22O11. The summed E-state index contributed by atoms with van der Waals surface area (Å²) in [6.07, 6.45) is -7.91.